The molecule has 2 rings (SSSR count). The molecule has 0 unspecified atom stereocenters. The van der Waals surface area contributed by atoms with Gasteiger partial charge in [-0.1, -0.05) is 19.1 Å². The van der Waals surface area contributed by atoms with E-state index in [1.807, 2.05) is 37.3 Å². The molecule has 0 N–H and O–H groups in total. The molecule has 0 aliphatic rings. The van der Waals surface area contributed by atoms with Gasteiger partial charge in [0, 0.05) is 11.8 Å². The summed E-state index contributed by atoms with van der Waals surface area (Å²) >= 11 is 2.25. The van der Waals surface area contributed by atoms with E-state index in [4.69, 9.17) is 4.74 Å². The largest absolute Gasteiger partial charge is 0.438 e. The molecule has 0 fully saturated rings. The lowest BCUT2D eigenvalue weighted by molar-refractivity contribution is 0.455. The molecule has 2 aromatic rings. The van der Waals surface area contributed by atoms with Crippen molar-refractivity contribution in [1.82, 2.24) is 9.97 Å². The molecule has 0 spiro atoms. The van der Waals surface area contributed by atoms with Crippen LogP contribution in [0.25, 0.3) is 0 Å². The summed E-state index contributed by atoms with van der Waals surface area (Å²) in [6.45, 7) is 3.94. The minimum absolute atomic E-state index is 0.610. The molecule has 0 saturated heterocycles. The van der Waals surface area contributed by atoms with E-state index >= 15 is 0 Å². The lowest BCUT2D eigenvalue weighted by atomic mass is 10.3. The SMILES string of the molecule is CCc1cc(Oc2ccccc2I)nc(C)n1. The summed E-state index contributed by atoms with van der Waals surface area (Å²) in [5, 5.41) is 0. The number of rotatable bonds is 3. The van der Waals surface area contributed by atoms with Gasteiger partial charge in [0.2, 0.25) is 5.88 Å². The van der Waals surface area contributed by atoms with Crippen molar-refractivity contribution in [2.45, 2.75) is 20.3 Å². The Morgan fingerprint density at radius 3 is 2.71 bits per heavy atom. The Bertz CT molecular complexity index is 529. The lowest BCUT2D eigenvalue weighted by Crippen LogP contribution is -1.97. The van der Waals surface area contributed by atoms with Crippen molar-refractivity contribution in [2.24, 2.45) is 0 Å². The summed E-state index contributed by atoms with van der Waals surface area (Å²) in [6.07, 6.45) is 0.881. The zero-order valence-corrected chi connectivity index (χ0v) is 11.9. The number of benzene rings is 1. The van der Waals surface area contributed by atoms with Crippen molar-refractivity contribution in [3.8, 4) is 11.6 Å². The highest BCUT2D eigenvalue weighted by Crippen LogP contribution is 2.25. The van der Waals surface area contributed by atoms with E-state index in [2.05, 4.69) is 39.5 Å². The maximum absolute atomic E-state index is 5.77. The molecule has 0 amide bonds. The van der Waals surface area contributed by atoms with Gasteiger partial charge >= 0.3 is 0 Å². The molecule has 0 aliphatic carbocycles. The van der Waals surface area contributed by atoms with Gasteiger partial charge in [-0.2, -0.15) is 4.98 Å². The summed E-state index contributed by atoms with van der Waals surface area (Å²) in [6, 6.07) is 9.76. The number of ether oxygens (including phenoxy) is 1. The Morgan fingerprint density at radius 2 is 2.00 bits per heavy atom. The molecule has 17 heavy (non-hydrogen) atoms. The molecule has 3 nitrogen and oxygen atoms in total. The van der Waals surface area contributed by atoms with Gasteiger partial charge in [-0.25, -0.2) is 4.98 Å². The number of hydrogen-bond donors (Lipinski definition) is 0. The minimum atomic E-state index is 0.610. The monoisotopic (exact) mass is 340 g/mol. The van der Waals surface area contributed by atoms with E-state index in [0.29, 0.717) is 5.88 Å². The van der Waals surface area contributed by atoms with Crippen molar-refractivity contribution in [1.29, 1.82) is 0 Å². The molecule has 0 atom stereocenters. The third kappa shape index (κ3) is 3.15. The van der Waals surface area contributed by atoms with E-state index in [-0.39, 0.29) is 0 Å². The van der Waals surface area contributed by atoms with Crippen LogP contribution in [0.3, 0.4) is 0 Å². The molecule has 1 aromatic carbocycles. The van der Waals surface area contributed by atoms with Crippen LogP contribution < -0.4 is 4.74 Å². The Kier molecular flexibility index (Phi) is 3.93. The summed E-state index contributed by atoms with van der Waals surface area (Å²) in [5.41, 5.74) is 0.999. The average molecular weight is 340 g/mol. The fourth-order valence-corrected chi connectivity index (χ4v) is 1.97. The van der Waals surface area contributed by atoms with Crippen LogP contribution in [-0.2, 0) is 6.42 Å². The molecule has 88 valence electrons. The van der Waals surface area contributed by atoms with Gasteiger partial charge in [0.15, 0.2) is 0 Å². The first-order valence-electron chi connectivity index (χ1n) is 5.46. The highest BCUT2D eigenvalue weighted by Gasteiger charge is 2.05. The highest BCUT2D eigenvalue weighted by atomic mass is 127. The van der Waals surface area contributed by atoms with E-state index < -0.39 is 0 Å². The molecular weight excluding hydrogens is 327 g/mol. The Morgan fingerprint density at radius 1 is 1.24 bits per heavy atom. The van der Waals surface area contributed by atoms with Crippen LogP contribution >= 0.6 is 22.6 Å². The van der Waals surface area contributed by atoms with E-state index in [1.165, 1.54) is 0 Å². The number of para-hydroxylation sites is 1. The van der Waals surface area contributed by atoms with Gasteiger partial charge < -0.3 is 4.74 Å². The first kappa shape index (κ1) is 12.3. The van der Waals surface area contributed by atoms with Crippen LogP contribution in [-0.4, -0.2) is 9.97 Å². The predicted molar refractivity (Wildman–Crippen MR) is 75.4 cm³/mol. The van der Waals surface area contributed by atoms with Gasteiger partial charge in [0.05, 0.1) is 3.57 Å². The number of hydrogen-bond acceptors (Lipinski definition) is 3. The van der Waals surface area contributed by atoms with Crippen molar-refractivity contribution in [2.75, 3.05) is 0 Å². The molecule has 0 bridgehead atoms. The van der Waals surface area contributed by atoms with Crippen LogP contribution in [0.15, 0.2) is 30.3 Å². The van der Waals surface area contributed by atoms with Gasteiger partial charge in [-0.05, 0) is 48.1 Å². The topological polar surface area (TPSA) is 35.0 Å². The smallest absolute Gasteiger partial charge is 0.222 e. The molecule has 0 radical (unpaired) electrons. The zero-order valence-electron chi connectivity index (χ0n) is 9.77. The molecule has 0 aliphatic heterocycles. The van der Waals surface area contributed by atoms with Gasteiger partial charge in [0.25, 0.3) is 0 Å². The van der Waals surface area contributed by atoms with Gasteiger partial charge in [-0.15, -0.1) is 0 Å². The predicted octanol–water partition coefficient (Wildman–Crippen LogP) is 3.74. The second-order valence-corrected chi connectivity index (χ2v) is 4.79. The fourth-order valence-electron chi connectivity index (χ4n) is 1.47. The van der Waals surface area contributed by atoms with Crippen LogP contribution in [0.4, 0.5) is 0 Å². The Labute approximate surface area is 114 Å². The maximum atomic E-state index is 5.77. The Hall–Kier alpha value is -1.17. The number of aromatic nitrogens is 2. The van der Waals surface area contributed by atoms with E-state index in [1.54, 1.807) is 0 Å². The van der Waals surface area contributed by atoms with Gasteiger partial charge in [0.1, 0.15) is 11.6 Å². The first-order valence-corrected chi connectivity index (χ1v) is 6.54. The van der Waals surface area contributed by atoms with Crippen LogP contribution in [0, 0.1) is 10.5 Å². The summed E-state index contributed by atoms with van der Waals surface area (Å²) < 4.78 is 6.84. The van der Waals surface area contributed by atoms with E-state index in [9.17, 15) is 0 Å². The molecule has 4 heteroatoms. The van der Waals surface area contributed by atoms with Crippen molar-refractivity contribution >= 4 is 22.6 Å². The fraction of sp³-hybridized carbons (Fsp3) is 0.231. The number of halogens is 1. The highest BCUT2D eigenvalue weighted by molar-refractivity contribution is 14.1. The zero-order chi connectivity index (χ0) is 12.3. The van der Waals surface area contributed by atoms with Crippen LogP contribution in [0.2, 0.25) is 0 Å². The summed E-state index contributed by atoms with van der Waals surface area (Å²) in [5.74, 6) is 2.18. The number of aryl methyl sites for hydroxylation is 2. The molecule has 0 saturated carbocycles. The lowest BCUT2D eigenvalue weighted by Gasteiger charge is -2.08. The molecule has 1 aromatic heterocycles. The van der Waals surface area contributed by atoms with Crippen molar-refractivity contribution < 1.29 is 4.74 Å². The Balaban J connectivity index is 2.30. The summed E-state index contributed by atoms with van der Waals surface area (Å²) in [7, 11) is 0. The average Bonchev–Trinajstić information content (AvgIpc) is 2.31. The van der Waals surface area contributed by atoms with Crippen LogP contribution in [0.1, 0.15) is 18.4 Å². The van der Waals surface area contributed by atoms with Crippen molar-refractivity contribution in [3.63, 3.8) is 0 Å². The summed E-state index contributed by atoms with van der Waals surface area (Å²) in [4.78, 5) is 8.60. The second-order valence-electron chi connectivity index (χ2n) is 3.63. The second kappa shape index (κ2) is 5.44. The third-order valence-corrected chi connectivity index (χ3v) is 3.17. The normalized spacial score (nSPS) is 10.3. The molecule has 1 heterocycles. The minimum Gasteiger partial charge on any atom is -0.438 e. The molecular formula is C13H13IN2O. The van der Waals surface area contributed by atoms with E-state index in [0.717, 1.165) is 27.3 Å². The number of nitrogens with zero attached hydrogens (tertiary/aromatic N) is 2. The van der Waals surface area contributed by atoms with Gasteiger partial charge in [-0.3, -0.25) is 0 Å². The maximum Gasteiger partial charge on any atom is 0.222 e. The quantitative estimate of drug-likeness (QED) is 0.799. The third-order valence-electron chi connectivity index (χ3n) is 2.28. The van der Waals surface area contributed by atoms with Crippen LogP contribution in [0.5, 0.6) is 11.6 Å². The standard InChI is InChI=1S/C13H13IN2O/c1-3-10-8-13(16-9(2)15-10)17-12-7-5-4-6-11(12)14/h4-8H,3H2,1-2H3. The first-order chi connectivity index (χ1) is 8.19. The van der Waals surface area contributed by atoms with Crippen molar-refractivity contribution in [3.05, 3.63) is 45.4 Å².